The van der Waals surface area contributed by atoms with Crippen LogP contribution < -0.4 is 24.4 Å². The zero-order chi connectivity index (χ0) is 26.9. The predicted molar refractivity (Wildman–Crippen MR) is 158 cm³/mol. The third kappa shape index (κ3) is 5.43. The number of rotatable bonds is 7. The van der Waals surface area contributed by atoms with Gasteiger partial charge in [-0.2, -0.15) is 0 Å². The monoisotopic (exact) mass is 746 g/mol. The van der Waals surface area contributed by atoms with Crippen molar-refractivity contribution in [2.75, 3.05) is 20.3 Å². The zero-order valence-corrected chi connectivity index (χ0v) is 25.6. The van der Waals surface area contributed by atoms with Gasteiger partial charge in [-0.15, -0.1) is 0 Å². The van der Waals surface area contributed by atoms with Crippen molar-refractivity contribution in [3.8, 4) is 17.2 Å². The maximum absolute atomic E-state index is 13.8. The number of hydrogen-bond donors (Lipinski definition) is 1. The molecule has 0 bridgehead atoms. The van der Waals surface area contributed by atoms with Crippen LogP contribution in [0.3, 0.4) is 0 Å². The molecule has 0 unspecified atom stereocenters. The van der Waals surface area contributed by atoms with Crippen LogP contribution in [0.25, 0.3) is 6.08 Å². The zero-order valence-electron chi connectivity index (χ0n) is 20.5. The van der Waals surface area contributed by atoms with Crippen molar-refractivity contribution in [1.29, 1.82) is 0 Å². The lowest BCUT2D eigenvalue weighted by Crippen LogP contribution is -2.40. The SMILES string of the molecule is CCOC(=O)C1=C(C)N=c2s/c(=C\c3cc(I)c(O)c(I)c3)c(=O)n2[C@H]1c1ccc(OC)c(OCC)c1. The fourth-order valence-electron chi connectivity index (χ4n) is 4.06. The third-order valence-electron chi connectivity index (χ3n) is 5.66. The average molecular weight is 746 g/mol. The molecule has 0 aliphatic carbocycles. The first-order chi connectivity index (χ1) is 17.7. The van der Waals surface area contributed by atoms with Gasteiger partial charge in [0.2, 0.25) is 0 Å². The summed E-state index contributed by atoms with van der Waals surface area (Å²) in [6, 6.07) is 8.21. The Kier molecular flexibility index (Phi) is 8.63. The quantitative estimate of drug-likeness (QED) is 0.289. The van der Waals surface area contributed by atoms with Gasteiger partial charge in [0.1, 0.15) is 5.75 Å². The van der Waals surface area contributed by atoms with E-state index in [-0.39, 0.29) is 17.9 Å². The predicted octanol–water partition coefficient (Wildman–Crippen LogP) is 4.12. The first kappa shape index (κ1) is 27.6. The summed E-state index contributed by atoms with van der Waals surface area (Å²) < 4.78 is 19.9. The molecule has 37 heavy (non-hydrogen) atoms. The number of phenols is 1. The first-order valence-electron chi connectivity index (χ1n) is 11.4. The van der Waals surface area contributed by atoms with E-state index < -0.39 is 12.0 Å². The number of phenolic OH excluding ortho intramolecular Hbond substituents is 1. The molecule has 1 aliphatic heterocycles. The number of aromatic hydroxyl groups is 1. The van der Waals surface area contributed by atoms with Crippen LogP contribution in [0.15, 0.2) is 51.4 Å². The number of allylic oxidation sites excluding steroid dienone is 1. The van der Waals surface area contributed by atoms with Crippen molar-refractivity contribution in [3.05, 3.63) is 79.6 Å². The van der Waals surface area contributed by atoms with E-state index in [2.05, 4.69) is 50.2 Å². The molecule has 4 rings (SSSR count). The van der Waals surface area contributed by atoms with Crippen LogP contribution in [-0.4, -0.2) is 36.0 Å². The molecule has 1 atom stereocenters. The molecular weight excluding hydrogens is 722 g/mol. The summed E-state index contributed by atoms with van der Waals surface area (Å²) in [6.07, 6.45) is 1.77. The fourth-order valence-corrected chi connectivity index (χ4v) is 6.92. The van der Waals surface area contributed by atoms with Gasteiger partial charge < -0.3 is 19.3 Å². The number of halogens is 2. The van der Waals surface area contributed by atoms with E-state index in [1.54, 1.807) is 51.3 Å². The average Bonchev–Trinajstić information content (AvgIpc) is 3.16. The Hall–Kier alpha value is -2.39. The maximum Gasteiger partial charge on any atom is 0.338 e. The number of ether oxygens (including phenoxy) is 3. The Morgan fingerprint density at radius 1 is 1.16 bits per heavy atom. The van der Waals surface area contributed by atoms with Crippen molar-refractivity contribution in [1.82, 2.24) is 4.57 Å². The largest absolute Gasteiger partial charge is 0.506 e. The third-order valence-corrected chi connectivity index (χ3v) is 8.28. The number of benzene rings is 2. The second-order valence-electron chi connectivity index (χ2n) is 7.98. The summed E-state index contributed by atoms with van der Waals surface area (Å²) in [5.41, 5.74) is 1.94. The minimum atomic E-state index is -0.761. The van der Waals surface area contributed by atoms with Gasteiger partial charge in [-0.1, -0.05) is 17.4 Å². The second-order valence-corrected chi connectivity index (χ2v) is 11.3. The number of hydrogen-bond acceptors (Lipinski definition) is 8. The topological polar surface area (TPSA) is 99.4 Å². The molecule has 0 amide bonds. The molecule has 3 aromatic rings. The van der Waals surface area contributed by atoms with Crippen molar-refractivity contribution in [3.63, 3.8) is 0 Å². The van der Waals surface area contributed by atoms with E-state index in [9.17, 15) is 14.7 Å². The highest BCUT2D eigenvalue weighted by Gasteiger charge is 2.34. The molecule has 2 heterocycles. The Labute approximate surface area is 244 Å². The number of fused-ring (bicyclic) bond motifs is 1. The van der Waals surface area contributed by atoms with Gasteiger partial charge in [0.25, 0.3) is 5.56 Å². The molecule has 11 heteroatoms. The van der Waals surface area contributed by atoms with E-state index in [1.807, 2.05) is 13.0 Å². The van der Waals surface area contributed by atoms with Gasteiger partial charge in [-0.05, 0) is 107 Å². The summed E-state index contributed by atoms with van der Waals surface area (Å²) in [5, 5.41) is 10.1. The number of aromatic nitrogens is 1. The summed E-state index contributed by atoms with van der Waals surface area (Å²) in [4.78, 5) is 32.0. The van der Waals surface area contributed by atoms with Crippen molar-refractivity contribution >= 4 is 68.6 Å². The molecule has 0 fully saturated rings. The Bertz CT molecular complexity index is 1570. The van der Waals surface area contributed by atoms with Crippen LogP contribution >= 0.6 is 56.5 Å². The molecule has 194 valence electrons. The molecule has 0 saturated carbocycles. The van der Waals surface area contributed by atoms with Gasteiger partial charge >= 0.3 is 5.97 Å². The molecular formula is C26H24I2N2O6S. The fraction of sp³-hybridized carbons (Fsp3) is 0.269. The van der Waals surface area contributed by atoms with Crippen LogP contribution in [0.1, 0.15) is 37.9 Å². The van der Waals surface area contributed by atoms with Gasteiger partial charge in [0, 0.05) is 0 Å². The molecule has 0 radical (unpaired) electrons. The van der Waals surface area contributed by atoms with Crippen LogP contribution in [-0.2, 0) is 9.53 Å². The number of carbonyl (C=O) groups excluding carboxylic acids is 1. The maximum atomic E-state index is 13.8. The summed E-state index contributed by atoms with van der Waals surface area (Å²) in [7, 11) is 1.56. The van der Waals surface area contributed by atoms with E-state index in [4.69, 9.17) is 14.2 Å². The van der Waals surface area contributed by atoms with Crippen LogP contribution in [0.5, 0.6) is 17.2 Å². The van der Waals surface area contributed by atoms with Gasteiger partial charge in [-0.25, -0.2) is 9.79 Å². The van der Waals surface area contributed by atoms with Crippen LogP contribution in [0, 0.1) is 7.14 Å². The summed E-state index contributed by atoms with van der Waals surface area (Å²) in [5.74, 6) is 0.738. The molecule has 1 aliphatic rings. The number of methoxy groups -OCH3 is 1. The smallest absolute Gasteiger partial charge is 0.338 e. The van der Waals surface area contributed by atoms with Gasteiger partial charge in [0.15, 0.2) is 16.3 Å². The lowest BCUT2D eigenvalue weighted by atomic mass is 9.95. The number of esters is 1. The number of nitrogens with zero attached hydrogens (tertiary/aromatic N) is 2. The minimum Gasteiger partial charge on any atom is -0.506 e. The molecule has 8 nitrogen and oxygen atoms in total. The van der Waals surface area contributed by atoms with Crippen LogP contribution in [0.2, 0.25) is 0 Å². The lowest BCUT2D eigenvalue weighted by Gasteiger charge is -2.25. The molecule has 2 aromatic carbocycles. The standard InChI is InChI=1S/C26H24I2N2O6S/c1-5-35-19-12-15(7-8-18(19)34-4)22-21(25(33)36-6-2)13(3)29-26-30(22)24(32)20(37-26)11-14-9-16(27)23(31)17(28)10-14/h7-12,22,31H,5-6H2,1-4H3/b20-11-/t22-/m0/s1. The van der Waals surface area contributed by atoms with Crippen molar-refractivity contribution in [2.45, 2.75) is 26.8 Å². The molecule has 1 aromatic heterocycles. The van der Waals surface area contributed by atoms with Crippen molar-refractivity contribution in [2.24, 2.45) is 4.99 Å². The van der Waals surface area contributed by atoms with Gasteiger partial charge in [-0.3, -0.25) is 9.36 Å². The Morgan fingerprint density at radius 2 is 1.86 bits per heavy atom. The van der Waals surface area contributed by atoms with E-state index >= 15 is 0 Å². The lowest BCUT2D eigenvalue weighted by molar-refractivity contribution is -0.139. The highest BCUT2D eigenvalue weighted by Crippen LogP contribution is 2.36. The normalized spacial score (nSPS) is 15.3. The second kappa shape index (κ2) is 11.6. The Balaban J connectivity index is 1.97. The summed E-state index contributed by atoms with van der Waals surface area (Å²) >= 11 is 5.36. The Morgan fingerprint density at radius 3 is 2.49 bits per heavy atom. The highest BCUT2D eigenvalue weighted by molar-refractivity contribution is 14.1. The molecule has 0 spiro atoms. The first-order valence-corrected chi connectivity index (χ1v) is 14.4. The van der Waals surface area contributed by atoms with Gasteiger partial charge in [0.05, 0.1) is 49.3 Å². The van der Waals surface area contributed by atoms with E-state index in [1.165, 1.54) is 15.9 Å². The highest BCUT2D eigenvalue weighted by atomic mass is 127. The molecule has 1 N–H and O–H groups in total. The number of thiazole rings is 1. The van der Waals surface area contributed by atoms with E-state index in [0.29, 0.717) is 51.4 Å². The number of carbonyl (C=O) groups is 1. The summed E-state index contributed by atoms with van der Waals surface area (Å²) in [6.45, 7) is 5.96. The molecule has 0 saturated heterocycles. The van der Waals surface area contributed by atoms with E-state index in [0.717, 1.165) is 5.56 Å². The van der Waals surface area contributed by atoms with Crippen LogP contribution in [0.4, 0.5) is 0 Å². The van der Waals surface area contributed by atoms with Crippen molar-refractivity contribution < 1.29 is 24.1 Å². The minimum absolute atomic E-state index is 0.192.